The van der Waals surface area contributed by atoms with Crippen LogP contribution in [-0.4, -0.2) is 14.6 Å². The Bertz CT molecular complexity index is 401. The van der Waals surface area contributed by atoms with Crippen LogP contribution in [0.3, 0.4) is 0 Å². The Morgan fingerprint density at radius 3 is 2.00 bits per heavy atom. The third-order valence-electron chi connectivity index (χ3n) is 1.47. The minimum atomic E-state index is -4.85. The van der Waals surface area contributed by atoms with Crippen molar-refractivity contribution in [2.75, 3.05) is 0 Å². The molecule has 1 aromatic rings. The Balaban J connectivity index is 3.00. The van der Waals surface area contributed by atoms with Crippen molar-refractivity contribution in [3.05, 3.63) is 34.4 Å². The topological polar surface area (TPSA) is 60.2 Å². The van der Waals surface area contributed by atoms with Crippen LogP contribution in [0, 0.1) is 10.1 Å². The van der Waals surface area contributed by atoms with Gasteiger partial charge in [-0.25, -0.2) is 4.21 Å². The predicted octanol–water partition coefficient (Wildman–Crippen LogP) is 2.22. The lowest BCUT2D eigenvalue weighted by Gasteiger charge is -2.04. The first-order valence-corrected chi connectivity index (χ1v) is 4.70. The molecule has 15 heavy (non-hydrogen) atoms. The normalized spacial score (nSPS) is 13.5. The molecule has 0 aliphatic heterocycles. The third kappa shape index (κ3) is 2.75. The second kappa shape index (κ2) is 3.97. The van der Waals surface area contributed by atoms with Crippen molar-refractivity contribution in [1.82, 2.24) is 0 Å². The molecule has 0 aliphatic rings. The quantitative estimate of drug-likeness (QED) is 0.587. The highest BCUT2D eigenvalue weighted by Crippen LogP contribution is 2.27. The first kappa shape index (κ1) is 11.6. The SMILES string of the molecule is O=[N+]([O-])c1ccc([S@](=O)C(F)(F)F)cc1. The van der Waals surface area contributed by atoms with Gasteiger partial charge in [0.1, 0.15) is 0 Å². The van der Waals surface area contributed by atoms with E-state index in [-0.39, 0.29) is 5.69 Å². The highest BCUT2D eigenvalue weighted by molar-refractivity contribution is 7.86. The van der Waals surface area contributed by atoms with Gasteiger partial charge in [0.05, 0.1) is 4.92 Å². The Morgan fingerprint density at radius 2 is 1.67 bits per heavy atom. The summed E-state index contributed by atoms with van der Waals surface area (Å²) in [6, 6.07) is 3.39. The fourth-order valence-corrected chi connectivity index (χ4v) is 1.48. The zero-order chi connectivity index (χ0) is 11.6. The van der Waals surface area contributed by atoms with E-state index in [1.807, 2.05) is 0 Å². The van der Waals surface area contributed by atoms with Crippen molar-refractivity contribution in [3.63, 3.8) is 0 Å². The van der Waals surface area contributed by atoms with Crippen LogP contribution in [0.15, 0.2) is 29.2 Å². The Morgan fingerprint density at radius 1 is 1.20 bits per heavy atom. The Labute approximate surface area is 84.3 Å². The Kier molecular flexibility index (Phi) is 3.08. The first-order valence-electron chi connectivity index (χ1n) is 3.55. The lowest BCUT2D eigenvalue weighted by molar-refractivity contribution is -0.384. The lowest BCUT2D eigenvalue weighted by atomic mass is 10.3. The van der Waals surface area contributed by atoms with E-state index in [4.69, 9.17) is 0 Å². The van der Waals surface area contributed by atoms with Crippen molar-refractivity contribution in [2.45, 2.75) is 10.4 Å². The van der Waals surface area contributed by atoms with Crippen LogP contribution in [0.1, 0.15) is 0 Å². The molecule has 0 radical (unpaired) electrons. The van der Waals surface area contributed by atoms with Gasteiger partial charge < -0.3 is 0 Å². The van der Waals surface area contributed by atoms with E-state index in [0.717, 1.165) is 24.3 Å². The van der Waals surface area contributed by atoms with E-state index in [2.05, 4.69) is 0 Å². The van der Waals surface area contributed by atoms with E-state index < -0.39 is 26.1 Å². The van der Waals surface area contributed by atoms with Crippen LogP contribution in [0.2, 0.25) is 0 Å². The maximum Gasteiger partial charge on any atom is 0.475 e. The fourth-order valence-electron chi connectivity index (χ4n) is 0.825. The molecule has 0 spiro atoms. The van der Waals surface area contributed by atoms with Gasteiger partial charge in [-0.05, 0) is 12.1 Å². The number of nitro benzene ring substituents is 1. The average molecular weight is 239 g/mol. The van der Waals surface area contributed by atoms with Crippen molar-refractivity contribution in [3.8, 4) is 0 Å². The van der Waals surface area contributed by atoms with E-state index in [1.54, 1.807) is 0 Å². The van der Waals surface area contributed by atoms with Crippen LogP contribution in [-0.2, 0) is 10.8 Å². The number of alkyl halides is 3. The van der Waals surface area contributed by atoms with Gasteiger partial charge in [-0.2, -0.15) is 13.2 Å². The molecule has 0 aliphatic carbocycles. The smallest absolute Gasteiger partial charge is 0.258 e. The molecule has 8 heteroatoms. The van der Waals surface area contributed by atoms with Gasteiger partial charge in [0, 0.05) is 17.0 Å². The number of hydrogen-bond acceptors (Lipinski definition) is 3. The molecule has 0 aromatic heterocycles. The molecule has 1 atom stereocenters. The summed E-state index contributed by atoms with van der Waals surface area (Å²) < 4.78 is 46.6. The largest absolute Gasteiger partial charge is 0.475 e. The molecule has 0 saturated carbocycles. The number of halogens is 3. The van der Waals surface area contributed by atoms with E-state index in [0.29, 0.717) is 0 Å². The molecular formula is C7H4F3NO3S. The van der Waals surface area contributed by atoms with Crippen LogP contribution in [0.25, 0.3) is 0 Å². The minimum absolute atomic E-state index is 0.349. The fraction of sp³-hybridized carbons (Fsp3) is 0.143. The molecule has 0 saturated heterocycles. The predicted molar refractivity (Wildman–Crippen MR) is 45.6 cm³/mol. The van der Waals surface area contributed by atoms with Gasteiger partial charge in [-0.1, -0.05) is 0 Å². The van der Waals surface area contributed by atoms with Crippen LogP contribution >= 0.6 is 0 Å². The van der Waals surface area contributed by atoms with Gasteiger partial charge in [0.25, 0.3) is 5.69 Å². The molecule has 0 bridgehead atoms. The van der Waals surface area contributed by atoms with Crippen molar-refractivity contribution < 1.29 is 22.3 Å². The van der Waals surface area contributed by atoms with Crippen LogP contribution in [0.5, 0.6) is 0 Å². The summed E-state index contributed by atoms with van der Waals surface area (Å²) >= 11 is 0. The zero-order valence-corrected chi connectivity index (χ0v) is 7.84. The molecule has 0 N–H and O–H groups in total. The minimum Gasteiger partial charge on any atom is -0.258 e. The van der Waals surface area contributed by atoms with Gasteiger partial charge in [0.2, 0.25) is 0 Å². The van der Waals surface area contributed by atoms with Crippen LogP contribution < -0.4 is 0 Å². The molecule has 4 nitrogen and oxygen atoms in total. The number of rotatable bonds is 2. The summed E-state index contributed by atoms with van der Waals surface area (Å²) in [6.45, 7) is 0. The van der Waals surface area contributed by atoms with Gasteiger partial charge >= 0.3 is 5.51 Å². The summed E-state index contributed by atoms with van der Waals surface area (Å²) in [6.07, 6.45) is 0. The number of nitrogens with zero attached hydrogens (tertiary/aromatic N) is 1. The second-order valence-electron chi connectivity index (χ2n) is 2.47. The van der Waals surface area contributed by atoms with E-state index in [9.17, 15) is 27.5 Å². The number of hydrogen-bond donors (Lipinski definition) is 0. The molecule has 0 unspecified atom stereocenters. The maximum absolute atomic E-state index is 12.0. The third-order valence-corrected chi connectivity index (χ3v) is 2.59. The van der Waals surface area contributed by atoms with Gasteiger partial charge in [0.15, 0.2) is 10.8 Å². The van der Waals surface area contributed by atoms with Crippen molar-refractivity contribution in [2.24, 2.45) is 0 Å². The molecule has 82 valence electrons. The number of nitro groups is 1. The number of benzene rings is 1. The highest BCUT2D eigenvalue weighted by Gasteiger charge is 2.38. The highest BCUT2D eigenvalue weighted by atomic mass is 32.2. The summed E-state index contributed by atoms with van der Waals surface area (Å²) in [4.78, 5) is 8.93. The summed E-state index contributed by atoms with van der Waals surface area (Å²) in [5.74, 6) is 0. The van der Waals surface area contributed by atoms with Crippen molar-refractivity contribution in [1.29, 1.82) is 0 Å². The van der Waals surface area contributed by atoms with Crippen LogP contribution in [0.4, 0.5) is 18.9 Å². The summed E-state index contributed by atoms with van der Waals surface area (Å²) in [5, 5.41) is 10.2. The maximum atomic E-state index is 12.0. The first-order chi connectivity index (χ1) is 6.82. The van der Waals surface area contributed by atoms with Gasteiger partial charge in [-0.3, -0.25) is 10.1 Å². The molecule has 1 aromatic carbocycles. The van der Waals surface area contributed by atoms with Gasteiger partial charge in [-0.15, -0.1) is 0 Å². The van der Waals surface area contributed by atoms with Crippen molar-refractivity contribution >= 4 is 16.5 Å². The zero-order valence-electron chi connectivity index (χ0n) is 7.02. The standard InChI is InChI=1S/C7H4F3NO3S/c8-7(9,10)15(14)6-3-1-5(2-4-6)11(12)13/h1-4H/t15-/m0/s1. The molecule has 0 fully saturated rings. The lowest BCUT2D eigenvalue weighted by Crippen LogP contribution is -2.16. The van der Waals surface area contributed by atoms with E-state index in [1.165, 1.54) is 0 Å². The Hall–Kier alpha value is -1.44. The molecular weight excluding hydrogens is 235 g/mol. The second-order valence-corrected chi connectivity index (χ2v) is 3.94. The van der Waals surface area contributed by atoms with E-state index >= 15 is 0 Å². The molecule has 0 heterocycles. The molecule has 0 amide bonds. The monoisotopic (exact) mass is 239 g/mol. The summed E-state index contributed by atoms with van der Waals surface area (Å²) in [7, 11) is -3.14. The number of non-ortho nitro benzene ring substituents is 1. The molecule has 1 rings (SSSR count). The summed E-state index contributed by atoms with van der Waals surface area (Å²) in [5.41, 5.74) is -5.20. The average Bonchev–Trinajstić information content (AvgIpc) is 2.15.